The van der Waals surface area contributed by atoms with Crippen LogP contribution in [0.25, 0.3) is 0 Å². The third-order valence-electron chi connectivity index (χ3n) is 4.16. The van der Waals surface area contributed by atoms with Crippen LogP contribution in [0.2, 0.25) is 0 Å². The molecule has 1 atom stereocenters. The van der Waals surface area contributed by atoms with Crippen LogP contribution in [0.15, 0.2) is 18.2 Å². The van der Waals surface area contributed by atoms with E-state index in [-0.39, 0.29) is 5.82 Å². The van der Waals surface area contributed by atoms with Crippen molar-refractivity contribution < 1.29 is 4.39 Å². The lowest BCUT2D eigenvalue weighted by atomic mass is 10.1. The molecule has 1 N–H and O–H groups in total. The van der Waals surface area contributed by atoms with Crippen molar-refractivity contribution in [1.29, 1.82) is 5.41 Å². The highest BCUT2D eigenvalue weighted by Gasteiger charge is 2.47. The van der Waals surface area contributed by atoms with Crippen LogP contribution < -0.4 is 0 Å². The molecular weight excluding hydrogens is 215 g/mol. The van der Waals surface area contributed by atoms with E-state index in [9.17, 15) is 4.39 Å². The van der Waals surface area contributed by atoms with Gasteiger partial charge in [0.25, 0.3) is 0 Å². The minimum absolute atomic E-state index is 0.248. The Morgan fingerprint density at radius 2 is 2.18 bits per heavy atom. The molecule has 0 bridgehead atoms. The van der Waals surface area contributed by atoms with Crippen molar-refractivity contribution >= 4 is 5.84 Å². The molecule has 1 fully saturated rings. The van der Waals surface area contributed by atoms with Crippen LogP contribution in [0.3, 0.4) is 0 Å². The van der Waals surface area contributed by atoms with Crippen LogP contribution in [0, 0.1) is 22.6 Å². The van der Waals surface area contributed by atoms with Gasteiger partial charge in [-0.25, -0.2) is 4.39 Å². The summed E-state index contributed by atoms with van der Waals surface area (Å²) >= 11 is 0. The van der Waals surface area contributed by atoms with E-state index in [1.807, 2.05) is 0 Å². The van der Waals surface area contributed by atoms with E-state index in [1.165, 1.54) is 18.6 Å². The zero-order chi connectivity index (χ0) is 12.2. The summed E-state index contributed by atoms with van der Waals surface area (Å²) in [5.41, 5.74) is 2.28. The molecule has 3 rings (SSSR count). The summed E-state index contributed by atoms with van der Waals surface area (Å²) in [4.78, 5) is 2.07. The van der Waals surface area contributed by atoms with E-state index in [2.05, 4.69) is 18.7 Å². The largest absolute Gasteiger partial charge is 0.352 e. The zero-order valence-corrected chi connectivity index (χ0v) is 10.3. The van der Waals surface area contributed by atoms with Crippen LogP contribution in [-0.4, -0.2) is 17.3 Å². The summed E-state index contributed by atoms with van der Waals surface area (Å²) in [7, 11) is 0. The number of fused-ring (bicyclic) bond motifs is 1. The predicted molar refractivity (Wildman–Crippen MR) is 65.5 cm³/mol. The molecule has 1 aromatic rings. The SMILES string of the molecule is CC1(C)CC1CN1Cc2ccc(F)cc2C1=N. The van der Waals surface area contributed by atoms with Gasteiger partial charge < -0.3 is 4.90 Å². The van der Waals surface area contributed by atoms with Gasteiger partial charge in [-0.05, 0) is 35.4 Å². The van der Waals surface area contributed by atoms with Gasteiger partial charge in [-0.3, -0.25) is 5.41 Å². The average molecular weight is 232 g/mol. The van der Waals surface area contributed by atoms with E-state index < -0.39 is 0 Å². The lowest BCUT2D eigenvalue weighted by molar-refractivity contribution is 0.376. The standard InChI is InChI=1S/C14H17FN2/c1-14(2)6-10(14)8-17-7-9-3-4-11(15)5-12(9)13(17)16/h3-5,10,16H,6-8H2,1-2H3. The van der Waals surface area contributed by atoms with Crippen molar-refractivity contribution in [2.24, 2.45) is 11.3 Å². The van der Waals surface area contributed by atoms with Gasteiger partial charge in [-0.15, -0.1) is 0 Å². The average Bonchev–Trinajstić information content (AvgIpc) is 2.74. The molecule has 90 valence electrons. The number of amidine groups is 1. The molecular formula is C14H17FN2. The molecule has 0 spiro atoms. The fourth-order valence-corrected chi connectivity index (χ4v) is 2.67. The molecule has 1 saturated carbocycles. The fourth-order valence-electron chi connectivity index (χ4n) is 2.67. The summed E-state index contributed by atoms with van der Waals surface area (Å²) in [6, 6.07) is 4.77. The van der Waals surface area contributed by atoms with Gasteiger partial charge in [-0.1, -0.05) is 19.9 Å². The molecule has 3 heteroatoms. The summed E-state index contributed by atoms with van der Waals surface area (Å²) in [6.45, 7) is 6.23. The van der Waals surface area contributed by atoms with Crippen LogP contribution in [-0.2, 0) is 6.54 Å². The molecule has 0 saturated heterocycles. The van der Waals surface area contributed by atoms with Crippen molar-refractivity contribution in [3.63, 3.8) is 0 Å². The van der Waals surface area contributed by atoms with Gasteiger partial charge in [-0.2, -0.15) is 0 Å². The minimum atomic E-state index is -0.248. The molecule has 1 aliphatic carbocycles. The molecule has 0 aromatic heterocycles. The molecule has 0 amide bonds. The maximum Gasteiger partial charge on any atom is 0.128 e. The molecule has 1 unspecified atom stereocenters. The van der Waals surface area contributed by atoms with E-state index in [4.69, 9.17) is 5.41 Å². The second-order valence-electron chi connectivity index (χ2n) is 5.92. The van der Waals surface area contributed by atoms with Crippen molar-refractivity contribution in [2.75, 3.05) is 6.54 Å². The summed E-state index contributed by atoms with van der Waals surface area (Å²) in [6.07, 6.45) is 1.24. The molecule has 17 heavy (non-hydrogen) atoms. The summed E-state index contributed by atoms with van der Waals surface area (Å²) in [5, 5.41) is 8.09. The lowest BCUT2D eigenvalue weighted by Crippen LogP contribution is -2.27. The Hall–Kier alpha value is -1.38. The first-order valence-corrected chi connectivity index (χ1v) is 6.10. The monoisotopic (exact) mass is 232 g/mol. The molecule has 1 aromatic carbocycles. The smallest absolute Gasteiger partial charge is 0.128 e. The number of hydrogen-bond acceptors (Lipinski definition) is 1. The van der Waals surface area contributed by atoms with Crippen molar-refractivity contribution in [1.82, 2.24) is 4.90 Å². The number of benzene rings is 1. The van der Waals surface area contributed by atoms with E-state index >= 15 is 0 Å². The number of hydrogen-bond donors (Lipinski definition) is 1. The van der Waals surface area contributed by atoms with Gasteiger partial charge in [0.1, 0.15) is 11.7 Å². The van der Waals surface area contributed by atoms with E-state index in [1.54, 1.807) is 6.07 Å². The third kappa shape index (κ3) is 1.74. The molecule has 2 aliphatic rings. The van der Waals surface area contributed by atoms with Crippen LogP contribution >= 0.6 is 0 Å². The zero-order valence-electron chi connectivity index (χ0n) is 10.3. The van der Waals surface area contributed by atoms with Crippen molar-refractivity contribution in [3.05, 3.63) is 35.1 Å². The van der Waals surface area contributed by atoms with E-state index in [0.29, 0.717) is 17.2 Å². The van der Waals surface area contributed by atoms with Crippen molar-refractivity contribution in [3.8, 4) is 0 Å². The van der Waals surface area contributed by atoms with Crippen molar-refractivity contribution in [2.45, 2.75) is 26.8 Å². The Kier molecular flexibility index (Phi) is 2.09. The third-order valence-corrected chi connectivity index (χ3v) is 4.16. The van der Waals surface area contributed by atoms with Crippen LogP contribution in [0.5, 0.6) is 0 Å². The Morgan fingerprint density at radius 3 is 2.82 bits per heavy atom. The Labute approximate surface area is 101 Å². The van der Waals surface area contributed by atoms with Gasteiger partial charge in [0.2, 0.25) is 0 Å². The Balaban J connectivity index is 1.78. The van der Waals surface area contributed by atoms with Gasteiger partial charge >= 0.3 is 0 Å². The highest BCUT2D eigenvalue weighted by Crippen LogP contribution is 2.52. The van der Waals surface area contributed by atoms with Crippen LogP contribution in [0.1, 0.15) is 31.4 Å². The Morgan fingerprint density at radius 1 is 1.47 bits per heavy atom. The minimum Gasteiger partial charge on any atom is -0.352 e. The highest BCUT2D eigenvalue weighted by atomic mass is 19.1. The highest BCUT2D eigenvalue weighted by molar-refractivity contribution is 6.00. The predicted octanol–water partition coefficient (Wildman–Crippen LogP) is 3.01. The second kappa shape index (κ2) is 3.31. The molecule has 1 heterocycles. The van der Waals surface area contributed by atoms with E-state index in [0.717, 1.165) is 24.2 Å². The van der Waals surface area contributed by atoms with Gasteiger partial charge in [0, 0.05) is 18.7 Å². The fraction of sp³-hybridized carbons (Fsp3) is 0.500. The maximum atomic E-state index is 13.1. The molecule has 0 radical (unpaired) electrons. The number of nitrogens with zero attached hydrogens (tertiary/aromatic N) is 1. The maximum absolute atomic E-state index is 13.1. The second-order valence-corrected chi connectivity index (χ2v) is 5.92. The lowest BCUT2D eigenvalue weighted by Gasteiger charge is -2.18. The summed E-state index contributed by atoms with van der Waals surface area (Å²) < 4.78 is 13.1. The first-order chi connectivity index (χ1) is 7.97. The topological polar surface area (TPSA) is 27.1 Å². The number of halogens is 1. The first-order valence-electron chi connectivity index (χ1n) is 6.10. The Bertz CT molecular complexity index is 493. The van der Waals surface area contributed by atoms with Gasteiger partial charge in [0.15, 0.2) is 0 Å². The van der Waals surface area contributed by atoms with Crippen LogP contribution in [0.4, 0.5) is 4.39 Å². The summed E-state index contributed by atoms with van der Waals surface area (Å²) in [5.74, 6) is 0.923. The van der Waals surface area contributed by atoms with Gasteiger partial charge in [0.05, 0.1) is 0 Å². The normalized spacial score (nSPS) is 25.0. The molecule has 1 aliphatic heterocycles. The first kappa shape index (κ1) is 10.8. The number of rotatable bonds is 2. The molecule has 2 nitrogen and oxygen atoms in total. The quantitative estimate of drug-likeness (QED) is 0.833. The number of nitrogens with one attached hydrogen (secondary N) is 1.